The number of amides is 1. The molecule has 1 rings (SSSR count). The molecule has 0 aliphatic heterocycles. The second kappa shape index (κ2) is 12.1. The standard InChI is InChI=1S/C21H31NO4/c1-4-6-7-8-9-10-15-22(17(3)23)20(21(25)26-5-2)16-18-11-13-19(24)14-12-18/h10-15,20,24H,4-9,16H2,1-3H3/t20-/m0/s1. The van der Waals surface area contributed by atoms with Gasteiger partial charge in [-0.25, -0.2) is 4.79 Å². The fourth-order valence-electron chi connectivity index (χ4n) is 2.69. The van der Waals surface area contributed by atoms with Crippen LogP contribution in [0.15, 0.2) is 36.5 Å². The average Bonchev–Trinajstić information content (AvgIpc) is 2.61. The van der Waals surface area contributed by atoms with Gasteiger partial charge in [0.1, 0.15) is 11.8 Å². The van der Waals surface area contributed by atoms with E-state index in [1.54, 1.807) is 37.4 Å². The molecule has 0 aliphatic rings. The van der Waals surface area contributed by atoms with Crippen molar-refractivity contribution in [1.29, 1.82) is 0 Å². The van der Waals surface area contributed by atoms with Crippen molar-refractivity contribution in [3.8, 4) is 5.75 Å². The molecule has 0 saturated heterocycles. The zero-order valence-corrected chi connectivity index (χ0v) is 16.1. The van der Waals surface area contributed by atoms with E-state index in [1.807, 2.05) is 6.08 Å². The van der Waals surface area contributed by atoms with Crippen molar-refractivity contribution < 1.29 is 19.4 Å². The summed E-state index contributed by atoms with van der Waals surface area (Å²) in [6, 6.07) is 5.91. The molecule has 1 amide bonds. The molecule has 26 heavy (non-hydrogen) atoms. The molecule has 144 valence electrons. The number of hydrogen-bond donors (Lipinski definition) is 1. The number of carbonyl (C=O) groups is 2. The van der Waals surface area contributed by atoms with Gasteiger partial charge in [0.05, 0.1) is 6.61 Å². The van der Waals surface area contributed by atoms with Gasteiger partial charge in [-0.2, -0.15) is 0 Å². The largest absolute Gasteiger partial charge is 0.508 e. The van der Waals surface area contributed by atoms with Crippen LogP contribution in [0.4, 0.5) is 0 Å². The molecule has 0 spiro atoms. The zero-order chi connectivity index (χ0) is 19.4. The molecule has 1 N–H and O–H groups in total. The number of benzene rings is 1. The van der Waals surface area contributed by atoms with Crippen LogP contribution in [0, 0.1) is 0 Å². The molecule has 0 aromatic heterocycles. The summed E-state index contributed by atoms with van der Waals surface area (Å²) in [7, 11) is 0. The van der Waals surface area contributed by atoms with Gasteiger partial charge in [-0.05, 0) is 37.5 Å². The maximum Gasteiger partial charge on any atom is 0.329 e. The van der Waals surface area contributed by atoms with Crippen LogP contribution in [0.2, 0.25) is 0 Å². The number of phenolic OH excluding ortho intramolecular Hbond substituents is 1. The Labute approximate surface area is 156 Å². The molecule has 0 radical (unpaired) electrons. The summed E-state index contributed by atoms with van der Waals surface area (Å²) in [6.45, 7) is 5.62. The first kappa shape index (κ1) is 21.7. The minimum atomic E-state index is -0.719. The SMILES string of the molecule is CCCCCCC=CN(C(C)=O)[C@@H](Cc1ccc(O)cc1)C(=O)OCC. The zero-order valence-electron chi connectivity index (χ0n) is 16.1. The number of rotatable bonds is 11. The summed E-state index contributed by atoms with van der Waals surface area (Å²) >= 11 is 0. The smallest absolute Gasteiger partial charge is 0.329 e. The second-order valence-corrected chi connectivity index (χ2v) is 6.30. The van der Waals surface area contributed by atoms with Crippen molar-refractivity contribution in [2.45, 2.75) is 65.3 Å². The molecule has 0 aliphatic carbocycles. The molecule has 0 heterocycles. The predicted molar refractivity (Wildman–Crippen MR) is 103 cm³/mol. The van der Waals surface area contributed by atoms with Gasteiger partial charge in [0.15, 0.2) is 0 Å². The van der Waals surface area contributed by atoms with Crippen molar-refractivity contribution in [2.75, 3.05) is 6.61 Å². The van der Waals surface area contributed by atoms with Crippen LogP contribution in [-0.2, 0) is 20.7 Å². The lowest BCUT2D eigenvalue weighted by Crippen LogP contribution is -2.43. The fraction of sp³-hybridized carbons (Fsp3) is 0.524. The maximum absolute atomic E-state index is 12.4. The van der Waals surface area contributed by atoms with Crippen LogP contribution in [0.5, 0.6) is 5.75 Å². The number of unbranched alkanes of at least 4 members (excludes halogenated alkanes) is 4. The third-order valence-electron chi connectivity index (χ3n) is 4.11. The first-order valence-electron chi connectivity index (χ1n) is 9.39. The van der Waals surface area contributed by atoms with Crippen molar-refractivity contribution in [1.82, 2.24) is 4.90 Å². The second-order valence-electron chi connectivity index (χ2n) is 6.30. The highest BCUT2D eigenvalue weighted by Crippen LogP contribution is 2.16. The molecule has 1 atom stereocenters. The van der Waals surface area contributed by atoms with E-state index in [0.717, 1.165) is 24.8 Å². The number of ether oxygens (including phenoxy) is 1. The number of allylic oxidation sites excluding steroid dienone is 1. The number of hydrogen-bond acceptors (Lipinski definition) is 4. The summed E-state index contributed by atoms with van der Waals surface area (Å²) in [6.07, 6.45) is 9.47. The lowest BCUT2D eigenvalue weighted by molar-refractivity contribution is -0.152. The van der Waals surface area contributed by atoms with Gasteiger partial charge in [0.2, 0.25) is 5.91 Å². The van der Waals surface area contributed by atoms with Gasteiger partial charge in [0, 0.05) is 19.5 Å². The van der Waals surface area contributed by atoms with Crippen LogP contribution < -0.4 is 0 Å². The highest BCUT2D eigenvalue weighted by molar-refractivity contribution is 5.84. The van der Waals surface area contributed by atoms with Crippen LogP contribution >= 0.6 is 0 Å². The van der Waals surface area contributed by atoms with Gasteiger partial charge in [-0.3, -0.25) is 4.79 Å². The Bertz CT molecular complexity index is 580. The molecule has 1 aromatic carbocycles. The third-order valence-corrected chi connectivity index (χ3v) is 4.11. The van der Waals surface area contributed by atoms with E-state index in [-0.39, 0.29) is 18.3 Å². The highest BCUT2D eigenvalue weighted by atomic mass is 16.5. The summed E-state index contributed by atoms with van der Waals surface area (Å²) in [5, 5.41) is 9.42. The summed E-state index contributed by atoms with van der Waals surface area (Å²) in [4.78, 5) is 26.0. The summed E-state index contributed by atoms with van der Waals surface area (Å²) in [5.41, 5.74) is 0.850. The molecule has 5 heteroatoms. The molecule has 0 unspecified atom stereocenters. The molecule has 0 fully saturated rings. The number of carbonyl (C=O) groups excluding carboxylic acids is 2. The molecule has 0 saturated carbocycles. The van der Waals surface area contributed by atoms with Crippen LogP contribution in [-0.4, -0.2) is 34.5 Å². The van der Waals surface area contributed by atoms with E-state index in [0.29, 0.717) is 6.42 Å². The number of esters is 1. The van der Waals surface area contributed by atoms with E-state index >= 15 is 0 Å². The Morgan fingerprint density at radius 2 is 1.85 bits per heavy atom. The van der Waals surface area contributed by atoms with Crippen molar-refractivity contribution in [3.05, 3.63) is 42.1 Å². The minimum Gasteiger partial charge on any atom is -0.508 e. The Morgan fingerprint density at radius 1 is 1.15 bits per heavy atom. The first-order chi connectivity index (χ1) is 12.5. The van der Waals surface area contributed by atoms with E-state index in [4.69, 9.17) is 4.74 Å². The van der Waals surface area contributed by atoms with Gasteiger partial charge in [0.25, 0.3) is 0 Å². The molecule has 0 bridgehead atoms. The normalized spacial score (nSPS) is 12.1. The van der Waals surface area contributed by atoms with Crippen molar-refractivity contribution in [3.63, 3.8) is 0 Å². The third kappa shape index (κ3) is 7.72. The van der Waals surface area contributed by atoms with E-state index in [9.17, 15) is 14.7 Å². The summed E-state index contributed by atoms with van der Waals surface area (Å²) < 4.78 is 5.17. The Hall–Kier alpha value is -2.30. The average molecular weight is 361 g/mol. The lowest BCUT2D eigenvalue weighted by atomic mass is 10.0. The topological polar surface area (TPSA) is 66.8 Å². The van der Waals surface area contributed by atoms with E-state index in [2.05, 4.69) is 6.92 Å². The number of phenols is 1. The molecule has 1 aromatic rings. The Balaban J connectivity index is 2.87. The van der Waals surface area contributed by atoms with Gasteiger partial charge in [-0.1, -0.05) is 44.4 Å². The number of nitrogens with zero attached hydrogens (tertiary/aromatic N) is 1. The van der Waals surface area contributed by atoms with Crippen molar-refractivity contribution in [2.24, 2.45) is 0 Å². The minimum absolute atomic E-state index is 0.164. The molecular weight excluding hydrogens is 330 g/mol. The fourth-order valence-corrected chi connectivity index (χ4v) is 2.69. The summed E-state index contributed by atoms with van der Waals surface area (Å²) in [5.74, 6) is -0.463. The molecule has 5 nitrogen and oxygen atoms in total. The van der Waals surface area contributed by atoms with Gasteiger partial charge >= 0.3 is 5.97 Å². The van der Waals surface area contributed by atoms with Crippen LogP contribution in [0.1, 0.15) is 58.4 Å². The first-order valence-corrected chi connectivity index (χ1v) is 9.39. The van der Waals surface area contributed by atoms with Crippen LogP contribution in [0.25, 0.3) is 0 Å². The predicted octanol–water partition coefficient (Wildman–Crippen LogP) is 4.20. The quantitative estimate of drug-likeness (QED) is 0.474. The van der Waals surface area contributed by atoms with Crippen LogP contribution in [0.3, 0.4) is 0 Å². The van der Waals surface area contributed by atoms with Gasteiger partial charge < -0.3 is 14.7 Å². The molecular formula is C21H31NO4. The lowest BCUT2D eigenvalue weighted by Gasteiger charge is -2.26. The Morgan fingerprint density at radius 3 is 2.42 bits per heavy atom. The van der Waals surface area contributed by atoms with Crippen molar-refractivity contribution >= 4 is 11.9 Å². The highest BCUT2D eigenvalue weighted by Gasteiger charge is 2.28. The monoisotopic (exact) mass is 361 g/mol. The maximum atomic E-state index is 12.4. The Kier molecular flexibility index (Phi) is 10.1. The van der Waals surface area contributed by atoms with E-state index in [1.165, 1.54) is 24.7 Å². The number of aromatic hydroxyl groups is 1. The van der Waals surface area contributed by atoms with E-state index < -0.39 is 12.0 Å². The van der Waals surface area contributed by atoms with Gasteiger partial charge in [-0.15, -0.1) is 0 Å².